The standard InChI is InChI=1S/C13H13N3O4S/c1-7(11(17)16-13(19)14-2)20-12(18)8-3-4-9-10(5-8)21-6-15-9/h3-7H,1-2H3,(H2,14,16,17,19)/t7-/m0/s1. The lowest BCUT2D eigenvalue weighted by atomic mass is 10.2. The summed E-state index contributed by atoms with van der Waals surface area (Å²) in [6, 6.07) is 4.28. The van der Waals surface area contributed by atoms with Gasteiger partial charge in [0.2, 0.25) is 0 Å². The Balaban J connectivity index is 2.03. The highest BCUT2D eigenvalue weighted by atomic mass is 32.1. The zero-order chi connectivity index (χ0) is 15.4. The molecule has 2 aromatic rings. The van der Waals surface area contributed by atoms with E-state index in [1.165, 1.54) is 25.3 Å². The van der Waals surface area contributed by atoms with Crippen molar-refractivity contribution in [3.63, 3.8) is 0 Å². The summed E-state index contributed by atoms with van der Waals surface area (Å²) >= 11 is 1.40. The van der Waals surface area contributed by atoms with Crippen molar-refractivity contribution in [3.05, 3.63) is 29.3 Å². The first-order valence-electron chi connectivity index (χ1n) is 6.08. The van der Waals surface area contributed by atoms with Crippen LogP contribution in [0, 0.1) is 0 Å². The molecule has 1 heterocycles. The number of imide groups is 1. The molecule has 110 valence electrons. The molecule has 0 saturated carbocycles. The summed E-state index contributed by atoms with van der Waals surface area (Å²) < 4.78 is 5.88. The first kappa shape index (κ1) is 14.9. The Kier molecular flexibility index (Phi) is 4.49. The molecule has 0 unspecified atom stereocenters. The van der Waals surface area contributed by atoms with Gasteiger partial charge in [-0.2, -0.15) is 0 Å². The topological polar surface area (TPSA) is 97.4 Å². The predicted octanol–water partition coefficient (Wildman–Crippen LogP) is 1.30. The Morgan fingerprint density at radius 2 is 2.10 bits per heavy atom. The summed E-state index contributed by atoms with van der Waals surface area (Å²) in [5, 5.41) is 4.27. The highest BCUT2D eigenvalue weighted by Crippen LogP contribution is 2.19. The molecule has 0 aliphatic rings. The number of nitrogens with one attached hydrogen (secondary N) is 2. The fourth-order valence-corrected chi connectivity index (χ4v) is 2.26. The number of esters is 1. The van der Waals surface area contributed by atoms with Gasteiger partial charge in [0.15, 0.2) is 6.10 Å². The molecule has 1 aromatic carbocycles. The quantitative estimate of drug-likeness (QED) is 0.833. The van der Waals surface area contributed by atoms with Gasteiger partial charge < -0.3 is 10.1 Å². The first-order chi connectivity index (χ1) is 10.0. The molecule has 0 aliphatic heterocycles. The van der Waals surface area contributed by atoms with Crippen LogP contribution in [0.2, 0.25) is 0 Å². The van der Waals surface area contributed by atoms with E-state index in [4.69, 9.17) is 4.74 Å². The van der Waals surface area contributed by atoms with Gasteiger partial charge in [-0.1, -0.05) is 0 Å². The highest BCUT2D eigenvalue weighted by Gasteiger charge is 2.20. The second-order valence-corrected chi connectivity index (χ2v) is 5.04. The molecular weight excluding hydrogens is 294 g/mol. The molecule has 0 saturated heterocycles. The van der Waals surface area contributed by atoms with E-state index in [1.807, 2.05) is 5.32 Å². The lowest BCUT2D eigenvalue weighted by Crippen LogP contribution is -2.43. The number of urea groups is 1. The summed E-state index contributed by atoms with van der Waals surface area (Å²) in [5.41, 5.74) is 2.80. The molecule has 21 heavy (non-hydrogen) atoms. The van der Waals surface area contributed by atoms with Crippen molar-refractivity contribution in [2.24, 2.45) is 0 Å². The van der Waals surface area contributed by atoms with Crippen LogP contribution in [0.15, 0.2) is 23.7 Å². The fraction of sp³-hybridized carbons (Fsp3) is 0.231. The monoisotopic (exact) mass is 307 g/mol. The largest absolute Gasteiger partial charge is 0.449 e. The van der Waals surface area contributed by atoms with Crippen LogP contribution in [0.4, 0.5) is 4.79 Å². The fourth-order valence-electron chi connectivity index (χ4n) is 1.54. The van der Waals surface area contributed by atoms with E-state index in [9.17, 15) is 14.4 Å². The molecule has 0 fully saturated rings. The van der Waals surface area contributed by atoms with E-state index in [-0.39, 0.29) is 0 Å². The van der Waals surface area contributed by atoms with E-state index >= 15 is 0 Å². The van der Waals surface area contributed by atoms with Crippen LogP contribution in [-0.2, 0) is 9.53 Å². The minimum atomic E-state index is -1.08. The highest BCUT2D eigenvalue weighted by molar-refractivity contribution is 7.16. The Labute approximate surface area is 124 Å². The van der Waals surface area contributed by atoms with Gasteiger partial charge in [-0.25, -0.2) is 14.6 Å². The molecule has 3 amide bonds. The van der Waals surface area contributed by atoms with Crippen molar-refractivity contribution in [2.75, 3.05) is 7.05 Å². The van der Waals surface area contributed by atoms with E-state index in [0.29, 0.717) is 5.56 Å². The number of amides is 3. The number of rotatable bonds is 3. The van der Waals surface area contributed by atoms with E-state index < -0.39 is 24.0 Å². The molecule has 2 rings (SSSR count). The van der Waals surface area contributed by atoms with Crippen LogP contribution in [0.3, 0.4) is 0 Å². The number of carbonyl (C=O) groups excluding carboxylic acids is 3. The molecular formula is C13H13N3O4S. The Bertz CT molecular complexity index is 698. The Morgan fingerprint density at radius 3 is 2.81 bits per heavy atom. The Hall–Kier alpha value is -2.48. The SMILES string of the molecule is CNC(=O)NC(=O)[C@H](C)OC(=O)c1ccc2ncsc2c1. The summed E-state index contributed by atoms with van der Waals surface area (Å²) in [5.74, 6) is -1.33. The molecule has 0 aliphatic carbocycles. The van der Waals surface area contributed by atoms with Crippen molar-refractivity contribution < 1.29 is 19.1 Å². The zero-order valence-corrected chi connectivity index (χ0v) is 12.2. The van der Waals surface area contributed by atoms with Gasteiger partial charge in [-0.05, 0) is 25.1 Å². The van der Waals surface area contributed by atoms with Crippen molar-refractivity contribution in [1.29, 1.82) is 0 Å². The maximum Gasteiger partial charge on any atom is 0.338 e. The number of benzene rings is 1. The lowest BCUT2D eigenvalue weighted by molar-refractivity contribution is -0.127. The number of aromatic nitrogens is 1. The van der Waals surface area contributed by atoms with Crippen LogP contribution in [0.1, 0.15) is 17.3 Å². The number of nitrogens with zero attached hydrogens (tertiary/aromatic N) is 1. The molecule has 1 aromatic heterocycles. The minimum absolute atomic E-state index is 0.325. The van der Waals surface area contributed by atoms with Crippen molar-refractivity contribution in [1.82, 2.24) is 15.6 Å². The third kappa shape index (κ3) is 3.54. The number of hydrogen-bond donors (Lipinski definition) is 2. The van der Waals surface area contributed by atoms with Gasteiger partial charge in [0.25, 0.3) is 5.91 Å². The lowest BCUT2D eigenvalue weighted by Gasteiger charge is -2.12. The van der Waals surface area contributed by atoms with E-state index in [0.717, 1.165) is 10.2 Å². The van der Waals surface area contributed by atoms with Gasteiger partial charge >= 0.3 is 12.0 Å². The van der Waals surface area contributed by atoms with Crippen molar-refractivity contribution >= 4 is 39.5 Å². The van der Waals surface area contributed by atoms with Crippen LogP contribution in [0.5, 0.6) is 0 Å². The smallest absolute Gasteiger partial charge is 0.338 e. The van der Waals surface area contributed by atoms with Crippen LogP contribution in [0.25, 0.3) is 10.2 Å². The first-order valence-corrected chi connectivity index (χ1v) is 6.96. The third-order valence-corrected chi connectivity index (χ3v) is 3.48. The molecule has 1 atom stereocenters. The van der Waals surface area contributed by atoms with Crippen molar-refractivity contribution in [2.45, 2.75) is 13.0 Å². The second kappa shape index (κ2) is 6.31. The zero-order valence-electron chi connectivity index (χ0n) is 11.4. The summed E-state index contributed by atoms with van der Waals surface area (Å²) in [4.78, 5) is 38.7. The Morgan fingerprint density at radius 1 is 1.33 bits per heavy atom. The molecule has 0 radical (unpaired) electrons. The predicted molar refractivity (Wildman–Crippen MR) is 77.1 cm³/mol. The van der Waals surface area contributed by atoms with Gasteiger partial charge in [-0.3, -0.25) is 10.1 Å². The van der Waals surface area contributed by atoms with Crippen molar-refractivity contribution in [3.8, 4) is 0 Å². The number of thiazole rings is 1. The summed E-state index contributed by atoms with van der Waals surface area (Å²) in [7, 11) is 1.38. The van der Waals surface area contributed by atoms with Gasteiger partial charge in [0.1, 0.15) is 0 Å². The maximum atomic E-state index is 12.0. The van der Waals surface area contributed by atoms with Crippen LogP contribution in [-0.4, -0.2) is 36.0 Å². The minimum Gasteiger partial charge on any atom is -0.449 e. The van der Waals surface area contributed by atoms with Crippen LogP contribution < -0.4 is 10.6 Å². The van der Waals surface area contributed by atoms with Gasteiger partial charge in [0, 0.05) is 7.05 Å². The normalized spacial score (nSPS) is 11.7. The molecule has 8 heteroatoms. The van der Waals surface area contributed by atoms with E-state index in [1.54, 1.807) is 23.7 Å². The van der Waals surface area contributed by atoms with Crippen LogP contribution >= 0.6 is 11.3 Å². The third-order valence-electron chi connectivity index (χ3n) is 2.68. The van der Waals surface area contributed by atoms with Gasteiger partial charge in [0.05, 0.1) is 21.3 Å². The molecule has 7 nitrogen and oxygen atoms in total. The molecule has 2 N–H and O–H groups in total. The number of carbonyl (C=O) groups is 3. The number of ether oxygens (including phenoxy) is 1. The average Bonchev–Trinajstić information content (AvgIpc) is 2.94. The molecule has 0 spiro atoms. The maximum absolute atomic E-state index is 12.0. The van der Waals surface area contributed by atoms with E-state index in [2.05, 4.69) is 10.3 Å². The summed E-state index contributed by atoms with van der Waals surface area (Å²) in [6.45, 7) is 1.39. The number of hydrogen-bond acceptors (Lipinski definition) is 6. The van der Waals surface area contributed by atoms with Gasteiger partial charge in [-0.15, -0.1) is 11.3 Å². The average molecular weight is 307 g/mol. The number of fused-ring (bicyclic) bond motifs is 1. The molecule has 0 bridgehead atoms. The second-order valence-electron chi connectivity index (χ2n) is 4.15. The summed E-state index contributed by atoms with van der Waals surface area (Å²) in [6.07, 6.45) is -1.08.